The Kier molecular flexibility index (Phi) is 10.6. The maximum absolute atomic E-state index is 14.7. The van der Waals surface area contributed by atoms with Gasteiger partial charge in [-0.15, -0.1) is 0 Å². The van der Waals surface area contributed by atoms with Gasteiger partial charge in [-0.25, -0.2) is 8.42 Å². The summed E-state index contributed by atoms with van der Waals surface area (Å²) in [6.07, 6.45) is 4.23. The molecular weight excluding hydrogens is 595 g/mol. The van der Waals surface area contributed by atoms with E-state index in [9.17, 15) is 18.0 Å². The van der Waals surface area contributed by atoms with Crippen LogP contribution >= 0.6 is 0 Å². The number of carbonyl (C=O) groups excluding carboxylic acids is 2. The minimum Gasteiger partial charge on any atom is -0.352 e. The molecule has 0 aliphatic heterocycles. The topological polar surface area (TPSA) is 86.8 Å². The van der Waals surface area contributed by atoms with Crippen LogP contribution in [0.25, 0.3) is 0 Å². The number of carbonyl (C=O) groups is 2. The lowest BCUT2D eigenvalue weighted by Crippen LogP contribution is -2.54. The third-order valence-electron chi connectivity index (χ3n) is 8.69. The summed E-state index contributed by atoms with van der Waals surface area (Å²) in [5.74, 6) is -0.677. The third-order valence-corrected chi connectivity index (χ3v) is 10.5. The average molecular weight is 638 g/mol. The van der Waals surface area contributed by atoms with Crippen LogP contribution in [-0.2, 0) is 32.6 Å². The number of sulfonamides is 1. The predicted octanol–water partition coefficient (Wildman–Crippen LogP) is 6.51. The highest BCUT2D eigenvalue weighted by molar-refractivity contribution is 7.92. The number of nitrogens with zero attached hydrogens (tertiary/aromatic N) is 2. The smallest absolute Gasteiger partial charge is 0.264 e. The van der Waals surface area contributed by atoms with E-state index in [2.05, 4.69) is 5.32 Å². The fraction of sp³-hybridized carbons (Fsp3) is 0.316. The zero-order valence-electron chi connectivity index (χ0n) is 26.9. The lowest BCUT2D eigenvalue weighted by molar-refractivity contribution is -0.140. The number of benzene rings is 4. The molecule has 0 heterocycles. The molecule has 1 N–H and O–H groups in total. The molecule has 4 aromatic rings. The number of hydrogen-bond donors (Lipinski definition) is 1. The van der Waals surface area contributed by atoms with Crippen molar-refractivity contribution in [3.05, 3.63) is 131 Å². The van der Waals surface area contributed by atoms with E-state index >= 15 is 0 Å². The Morgan fingerprint density at radius 2 is 1.39 bits per heavy atom. The number of hydrogen-bond acceptors (Lipinski definition) is 4. The fourth-order valence-corrected chi connectivity index (χ4v) is 7.52. The molecule has 2 amide bonds. The summed E-state index contributed by atoms with van der Waals surface area (Å²) < 4.78 is 29.7. The monoisotopic (exact) mass is 637 g/mol. The molecule has 0 radical (unpaired) electrons. The summed E-state index contributed by atoms with van der Waals surface area (Å²) >= 11 is 0. The Balaban J connectivity index is 1.58. The van der Waals surface area contributed by atoms with Crippen LogP contribution in [0.3, 0.4) is 0 Å². The quantitative estimate of drug-likeness (QED) is 0.192. The number of rotatable bonds is 12. The van der Waals surface area contributed by atoms with Gasteiger partial charge >= 0.3 is 0 Å². The van der Waals surface area contributed by atoms with Crippen molar-refractivity contribution in [2.75, 3.05) is 10.8 Å². The van der Waals surface area contributed by atoms with Crippen molar-refractivity contribution in [3.63, 3.8) is 0 Å². The van der Waals surface area contributed by atoms with Crippen molar-refractivity contribution in [1.82, 2.24) is 10.2 Å². The average Bonchev–Trinajstić information content (AvgIpc) is 3.57. The summed E-state index contributed by atoms with van der Waals surface area (Å²) in [7, 11) is -4.14. The van der Waals surface area contributed by atoms with Crippen LogP contribution in [0.4, 0.5) is 5.69 Å². The SMILES string of the molecule is Cc1ccc(CN(C(=O)CN(c2cc(C)ccc2C)S(=O)(=O)c2ccccc2)[C@@H](Cc2ccccc2)C(=O)NC2CCCC2)cc1. The normalized spacial score (nSPS) is 14.1. The summed E-state index contributed by atoms with van der Waals surface area (Å²) in [5.41, 5.74) is 4.88. The van der Waals surface area contributed by atoms with Gasteiger partial charge < -0.3 is 10.2 Å². The first-order valence-corrected chi connectivity index (χ1v) is 17.4. The predicted molar refractivity (Wildman–Crippen MR) is 183 cm³/mol. The Morgan fingerprint density at radius 3 is 2.04 bits per heavy atom. The molecule has 0 aromatic heterocycles. The summed E-state index contributed by atoms with van der Waals surface area (Å²) in [4.78, 5) is 30.5. The first-order valence-electron chi connectivity index (χ1n) is 16.0. The first-order chi connectivity index (χ1) is 22.1. The molecule has 5 rings (SSSR count). The van der Waals surface area contributed by atoms with Crippen LogP contribution in [0.1, 0.15) is 53.5 Å². The van der Waals surface area contributed by atoms with Crippen LogP contribution in [0, 0.1) is 20.8 Å². The molecule has 0 saturated heterocycles. The van der Waals surface area contributed by atoms with Crippen molar-refractivity contribution < 1.29 is 18.0 Å². The van der Waals surface area contributed by atoms with E-state index in [1.54, 1.807) is 29.2 Å². The van der Waals surface area contributed by atoms with E-state index in [-0.39, 0.29) is 23.4 Å². The lowest BCUT2D eigenvalue weighted by atomic mass is 10.0. The minimum atomic E-state index is -4.14. The van der Waals surface area contributed by atoms with Crippen molar-refractivity contribution in [2.45, 2.75) is 76.4 Å². The third kappa shape index (κ3) is 8.04. The molecule has 1 atom stereocenters. The molecule has 4 aromatic carbocycles. The number of nitrogens with one attached hydrogen (secondary N) is 1. The van der Waals surface area contributed by atoms with E-state index in [1.165, 1.54) is 16.4 Å². The van der Waals surface area contributed by atoms with Gasteiger partial charge in [0.2, 0.25) is 11.8 Å². The maximum atomic E-state index is 14.7. The molecule has 46 heavy (non-hydrogen) atoms. The minimum absolute atomic E-state index is 0.0620. The van der Waals surface area contributed by atoms with Crippen molar-refractivity contribution in [2.24, 2.45) is 0 Å². The number of anilines is 1. The number of amides is 2. The van der Waals surface area contributed by atoms with Crippen LogP contribution in [-0.4, -0.2) is 43.8 Å². The summed E-state index contributed by atoms with van der Waals surface area (Å²) in [5, 5.41) is 3.22. The van der Waals surface area contributed by atoms with Gasteiger partial charge in [0.25, 0.3) is 10.0 Å². The van der Waals surface area contributed by atoms with Gasteiger partial charge in [0.1, 0.15) is 12.6 Å². The van der Waals surface area contributed by atoms with Gasteiger partial charge in [0.15, 0.2) is 0 Å². The van der Waals surface area contributed by atoms with Crippen molar-refractivity contribution >= 4 is 27.5 Å². The molecule has 1 fully saturated rings. The zero-order chi connectivity index (χ0) is 32.7. The highest BCUT2D eigenvalue weighted by atomic mass is 32.2. The highest BCUT2D eigenvalue weighted by Gasteiger charge is 2.36. The van der Waals surface area contributed by atoms with Gasteiger partial charge in [-0.05, 0) is 74.1 Å². The van der Waals surface area contributed by atoms with E-state index in [0.717, 1.165) is 53.5 Å². The van der Waals surface area contributed by atoms with Gasteiger partial charge in [-0.2, -0.15) is 0 Å². The molecule has 8 heteroatoms. The lowest BCUT2D eigenvalue weighted by Gasteiger charge is -2.34. The largest absolute Gasteiger partial charge is 0.352 e. The van der Waals surface area contributed by atoms with E-state index in [0.29, 0.717) is 12.1 Å². The molecule has 0 bridgehead atoms. The second-order valence-corrected chi connectivity index (χ2v) is 14.2. The van der Waals surface area contributed by atoms with E-state index in [1.807, 2.05) is 87.5 Å². The molecule has 1 aliphatic rings. The van der Waals surface area contributed by atoms with E-state index in [4.69, 9.17) is 0 Å². The first kappa shape index (κ1) is 32.9. The molecule has 1 saturated carbocycles. The molecule has 7 nitrogen and oxygen atoms in total. The second kappa shape index (κ2) is 14.8. The van der Waals surface area contributed by atoms with Crippen LogP contribution < -0.4 is 9.62 Å². The van der Waals surface area contributed by atoms with Crippen LogP contribution in [0.5, 0.6) is 0 Å². The van der Waals surface area contributed by atoms with Gasteiger partial charge in [-0.1, -0.05) is 103 Å². The van der Waals surface area contributed by atoms with Gasteiger partial charge in [0, 0.05) is 19.0 Å². The van der Waals surface area contributed by atoms with Gasteiger partial charge in [0.05, 0.1) is 10.6 Å². The maximum Gasteiger partial charge on any atom is 0.264 e. The summed E-state index contributed by atoms with van der Waals surface area (Å²) in [6, 6.07) is 30.5. The van der Waals surface area contributed by atoms with Crippen LogP contribution in [0.15, 0.2) is 108 Å². The highest BCUT2D eigenvalue weighted by Crippen LogP contribution is 2.29. The standard InChI is InChI=1S/C38H43N3O4S/c1-28-19-22-32(23-20-28)26-40(36(25-31-12-6-4-7-13-31)38(43)39-33-14-10-11-15-33)37(42)27-41(35-24-29(2)18-21-30(35)3)46(44,45)34-16-8-5-9-17-34/h4-9,12-13,16-24,33,36H,10-11,14-15,25-27H2,1-3H3,(H,39,43)/t36-/m0/s1. The molecular formula is C38H43N3O4S. The molecule has 1 aliphatic carbocycles. The van der Waals surface area contributed by atoms with Crippen LogP contribution in [0.2, 0.25) is 0 Å². The Morgan fingerprint density at radius 1 is 0.783 bits per heavy atom. The van der Waals surface area contributed by atoms with Gasteiger partial charge in [-0.3, -0.25) is 13.9 Å². The molecule has 0 unspecified atom stereocenters. The fourth-order valence-electron chi connectivity index (χ4n) is 6.03. The van der Waals surface area contributed by atoms with Crippen molar-refractivity contribution in [3.8, 4) is 0 Å². The van der Waals surface area contributed by atoms with Crippen molar-refractivity contribution in [1.29, 1.82) is 0 Å². The Bertz CT molecular complexity index is 1740. The summed E-state index contributed by atoms with van der Waals surface area (Å²) in [6.45, 7) is 5.42. The molecule has 0 spiro atoms. The molecule has 240 valence electrons. The Hall–Kier alpha value is -4.43. The number of aryl methyl sites for hydroxylation is 3. The zero-order valence-corrected chi connectivity index (χ0v) is 27.7. The second-order valence-electron chi connectivity index (χ2n) is 12.3. The van der Waals surface area contributed by atoms with E-state index < -0.39 is 28.5 Å². The Labute approximate surface area is 273 Å².